The first kappa shape index (κ1) is 19.3. The van der Waals surface area contributed by atoms with Crippen LogP contribution in [0.2, 0.25) is 0 Å². The van der Waals surface area contributed by atoms with Crippen molar-refractivity contribution >= 4 is 12.0 Å². The van der Waals surface area contributed by atoms with E-state index in [0.29, 0.717) is 18.8 Å². The molecule has 4 rings (SSSR count). The van der Waals surface area contributed by atoms with Crippen molar-refractivity contribution in [2.24, 2.45) is 0 Å². The predicted molar refractivity (Wildman–Crippen MR) is 115 cm³/mol. The predicted octanol–water partition coefficient (Wildman–Crippen LogP) is 3.18. The topological polar surface area (TPSA) is 68.8 Å². The molecule has 150 valence electrons. The molecule has 2 aromatic carbocycles. The van der Waals surface area contributed by atoms with E-state index in [1.54, 1.807) is 33.6 Å². The van der Waals surface area contributed by atoms with E-state index in [1.165, 1.54) is 6.08 Å². The van der Waals surface area contributed by atoms with Gasteiger partial charge >= 0.3 is 0 Å². The van der Waals surface area contributed by atoms with Crippen LogP contribution < -0.4 is 0 Å². The number of carbonyl (C=O) groups excluding carboxylic acids is 1. The Morgan fingerprint density at radius 2 is 1.73 bits per heavy atom. The standard InChI is InChI=1S/C23H22N6O/c1-27(15-20-14-24-29(17-20)22-10-6-3-7-11-22)23(30)13-12-21-18-28(26-25-21)16-19-8-4-2-5-9-19/h2-14,17-18H,15-16H2,1H3/b13-12+. The van der Waals surface area contributed by atoms with Gasteiger partial charge in [0.15, 0.2) is 0 Å². The first-order valence-corrected chi connectivity index (χ1v) is 9.63. The molecular weight excluding hydrogens is 376 g/mol. The molecule has 4 aromatic rings. The van der Waals surface area contributed by atoms with Gasteiger partial charge in [0.1, 0.15) is 5.69 Å². The van der Waals surface area contributed by atoms with Crippen LogP contribution in [-0.2, 0) is 17.9 Å². The highest BCUT2D eigenvalue weighted by molar-refractivity contribution is 5.91. The van der Waals surface area contributed by atoms with Crippen LogP contribution in [0.3, 0.4) is 0 Å². The maximum Gasteiger partial charge on any atom is 0.246 e. The molecule has 0 aliphatic carbocycles. The van der Waals surface area contributed by atoms with Crippen LogP contribution in [0.25, 0.3) is 11.8 Å². The lowest BCUT2D eigenvalue weighted by molar-refractivity contribution is -0.125. The number of hydrogen-bond acceptors (Lipinski definition) is 4. The average Bonchev–Trinajstić information content (AvgIpc) is 3.43. The second-order valence-corrected chi connectivity index (χ2v) is 6.98. The van der Waals surface area contributed by atoms with E-state index in [1.807, 2.05) is 73.1 Å². The van der Waals surface area contributed by atoms with Gasteiger partial charge in [-0.1, -0.05) is 53.7 Å². The van der Waals surface area contributed by atoms with Gasteiger partial charge in [0, 0.05) is 31.4 Å². The molecule has 0 spiro atoms. The van der Waals surface area contributed by atoms with E-state index >= 15 is 0 Å². The van der Waals surface area contributed by atoms with Crippen molar-refractivity contribution < 1.29 is 4.79 Å². The molecule has 0 fully saturated rings. The number of hydrogen-bond donors (Lipinski definition) is 0. The molecule has 2 aromatic heterocycles. The third-order valence-corrected chi connectivity index (χ3v) is 4.59. The maximum absolute atomic E-state index is 12.5. The lowest BCUT2D eigenvalue weighted by atomic mass is 10.2. The minimum Gasteiger partial charge on any atom is -0.338 e. The summed E-state index contributed by atoms with van der Waals surface area (Å²) in [7, 11) is 1.76. The van der Waals surface area contributed by atoms with Crippen LogP contribution in [0.5, 0.6) is 0 Å². The zero-order valence-corrected chi connectivity index (χ0v) is 16.7. The first-order chi connectivity index (χ1) is 14.7. The second kappa shape index (κ2) is 9.00. The fourth-order valence-electron chi connectivity index (χ4n) is 3.04. The Balaban J connectivity index is 1.33. The van der Waals surface area contributed by atoms with Crippen molar-refractivity contribution in [1.29, 1.82) is 0 Å². The second-order valence-electron chi connectivity index (χ2n) is 6.98. The first-order valence-electron chi connectivity index (χ1n) is 9.63. The zero-order chi connectivity index (χ0) is 20.8. The summed E-state index contributed by atoms with van der Waals surface area (Å²) >= 11 is 0. The highest BCUT2D eigenvalue weighted by atomic mass is 16.2. The minimum absolute atomic E-state index is 0.111. The Hall–Kier alpha value is -4.00. The molecule has 1 amide bonds. The summed E-state index contributed by atoms with van der Waals surface area (Å²) < 4.78 is 3.55. The van der Waals surface area contributed by atoms with E-state index in [2.05, 4.69) is 15.4 Å². The Morgan fingerprint density at radius 3 is 2.50 bits per heavy atom. The number of carbonyl (C=O) groups is 1. The number of likely N-dealkylation sites (N-methyl/N-ethyl adjacent to an activating group) is 1. The molecule has 0 N–H and O–H groups in total. The summed E-state index contributed by atoms with van der Waals surface area (Å²) in [5, 5.41) is 12.6. The molecule has 2 heterocycles. The lowest BCUT2D eigenvalue weighted by Crippen LogP contribution is -2.23. The molecule has 0 aliphatic rings. The van der Waals surface area contributed by atoms with Crippen LogP contribution in [0, 0.1) is 0 Å². The molecule has 0 unspecified atom stereocenters. The van der Waals surface area contributed by atoms with Crippen LogP contribution >= 0.6 is 0 Å². The monoisotopic (exact) mass is 398 g/mol. The van der Waals surface area contributed by atoms with E-state index in [9.17, 15) is 4.79 Å². The molecule has 0 radical (unpaired) electrons. The maximum atomic E-state index is 12.5. The van der Waals surface area contributed by atoms with Gasteiger partial charge in [0.05, 0.1) is 24.6 Å². The van der Waals surface area contributed by atoms with Gasteiger partial charge < -0.3 is 4.90 Å². The summed E-state index contributed by atoms with van der Waals surface area (Å²) in [6, 6.07) is 19.9. The average molecular weight is 398 g/mol. The number of amides is 1. The Bertz CT molecular complexity index is 1130. The molecule has 0 bridgehead atoms. The van der Waals surface area contributed by atoms with Crippen LogP contribution in [-0.4, -0.2) is 42.6 Å². The third-order valence-electron chi connectivity index (χ3n) is 4.59. The van der Waals surface area contributed by atoms with Crippen LogP contribution in [0.1, 0.15) is 16.8 Å². The van der Waals surface area contributed by atoms with Gasteiger partial charge in [-0.25, -0.2) is 9.36 Å². The molecule has 0 saturated carbocycles. The smallest absolute Gasteiger partial charge is 0.246 e. The van der Waals surface area contributed by atoms with E-state index in [-0.39, 0.29) is 5.91 Å². The van der Waals surface area contributed by atoms with Gasteiger partial charge in [-0.3, -0.25) is 4.79 Å². The highest BCUT2D eigenvalue weighted by Crippen LogP contribution is 2.10. The minimum atomic E-state index is -0.111. The van der Waals surface area contributed by atoms with Gasteiger partial charge in [-0.05, 0) is 23.8 Å². The molecular formula is C23H22N6O. The van der Waals surface area contributed by atoms with Crippen molar-refractivity contribution in [3.8, 4) is 5.69 Å². The summed E-state index contributed by atoms with van der Waals surface area (Å²) in [6.07, 6.45) is 8.72. The summed E-state index contributed by atoms with van der Waals surface area (Å²) in [6.45, 7) is 1.11. The molecule has 0 saturated heterocycles. The number of benzene rings is 2. The number of para-hydroxylation sites is 1. The van der Waals surface area contributed by atoms with Gasteiger partial charge in [0.2, 0.25) is 5.91 Å². The molecule has 0 aliphatic heterocycles. The zero-order valence-electron chi connectivity index (χ0n) is 16.7. The number of rotatable bonds is 7. The number of nitrogens with zero attached hydrogens (tertiary/aromatic N) is 6. The SMILES string of the molecule is CN(Cc1cnn(-c2ccccc2)c1)C(=O)/C=C/c1cn(Cc2ccccc2)nn1. The summed E-state index contributed by atoms with van der Waals surface area (Å²) in [4.78, 5) is 14.1. The lowest BCUT2D eigenvalue weighted by Gasteiger charge is -2.13. The van der Waals surface area contributed by atoms with Gasteiger partial charge in [0.25, 0.3) is 0 Å². The van der Waals surface area contributed by atoms with E-state index < -0.39 is 0 Å². The summed E-state index contributed by atoms with van der Waals surface area (Å²) in [5.74, 6) is -0.111. The van der Waals surface area contributed by atoms with Gasteiger partial charge in [-0.2, -0.15) is 5.10 Å². The molecule has 7 heteroatoms. The Labute approximate surface area is 174 Å². The Morgan fingerprint density at radius 1 is 1.00 bits per heavy atom. The van der Waals surface area contributed by atoms with Crippen molar-refractivity contribution in [3.05, 3.63) is 102 Å². The molecule has 0 atom stereocenters. The van der Waals surface area contributed by atoms with Crippen molar-refractivity contribution in [2.45, 2.75) is 13.1 Å². The fraction of sp³-hybridized carbons (Fsp3) is 0.130. The molecule has 30 heavy (non-hydrogen) atoms. The van der Waals surface area contributed by atoms with Crippen molar-refractivity contribution in [3.63, 3.8) is 0 Å². The van der Waals surface area contributed by atoms with E-state index in [0.717, 1.165) is 16.8 Å². The van der Waals surface area contributed by atoms with Crippen molar-refractivity contribution in [1.82, 2.24) is 29.7 Å². The van der Waals surface area contributed by atoms with Crippen LogP contribution in [0.4, 0.5) is 0 Å². The third kappa shape index (κ3) is 4.88. The molecule has 7 nitrogen and oxygen atoms in total. The fourth-order valence-corrected chi connectivity index (χ4v) is 3.04. The van der Waals surface area contributed by atoms with E-state index in [4.69, 9.17) is 0 Å². The summed E-state index contributed by atoms with van der Waals surface area (Å²) in [5.41, 5.74) is 3.72. The quantitative estimate of drug-likeness (QED) is 0.449. The highest BCUT2D eigenvalue weighted by Gasteiger charge is 2.09. The van der Waals surface area contributed by atoms with Crippen LogP contribution in [0.15, 0.2) is 85.3 Å². The van der Waals surface area contributed by atoms with Crippen molar-refractivity contribution in [2.75, 3.05) is 7.05 Å². The number of aromatic nitrogens is 5. The van der Waals surface area contributed by atoms with Gasteiger partial charge in [-0.15, -0.1) is 5.10 Å². The normalized spacial score (nSPS) is 11.1. The largest absolute Gasteiger partial charge is 0.338 e. The Kier molecular flexibility index (Phi) is 5.80.